The number of nitrogens with zero attached hydrogens (tertiary/aromatic N) is 1. The molecule has 2 rings (SSSR count). The number of ether oxygens (including phenoxy) is 3. The molecule has 0 spiro atoms. The molecule has 1 atom stereocenters. The molecule has 0 aromatic heterocycles. The van der Waals surface area contributed by atoms with E-state index in [9.17, 15) is 14.9 Å². The average molecular weight is 394 g/mol. The third-order valence-corrected chi connectivity index (χ3v) is 3.85. The van der Waals surface area contributed by atoms with Crippen LogP contribution in [0, 0.1) is 11.3 Å². The summed E-state index contributed by atoms with van der Waals surface area (Å²) in [4.78, 5) is 24.5. The number of hydrogen-bond donors (Lipinski definition) is 1. The van der Waals surface area contributed by atoms with Crippen LogP contribution < -0.4 is 14.8 Å². The minimum absolute atomic E-state index is 0.210. The molecule has 0 aliphatic carbocycles. The topological polar surface area (TPSA) is 97.6 Å². The smallest absolute Gasteiger partial charge is 0.349 e. The molecule has 2 aromatic carbocycles. The third-order valence-electron chi connectivity index (χ3n) is 3.85. The van der Waals surface area contributed by atoms with E-state index in [-0.39, 0.29) is 5.57 Å². The van der Waals surface area contributed by atoms with Crippen LogP contribution in [0.15, 0.2) is 54.1 Å². The van der Waals surface area contributed by atoms with Gasteiger partial charge in [0, 0.05) is 5.69 Å². The van der Waals surface area contributed by atoms with E-state index >= 15 is 0 Å². The third kappa shape index (κ3) is 6.40. The van der Waals surface area contributed by atoms with Gasteiger partial charge in [0.2, 0.25) is 0 Å². The SMILES string of the molecule is CCOc1ccc(/C=C(\C#N)C(=O)O[C@H](C)C(=O)Nc2ccc(OC)cc2)cc1. The van der Waals surface area contributed by atoms with Crippen LogP contribution in [0.2, 0.25) is 0 Å². The lowest BCUT2D eigenvalue weighted by Crippen LogP contribution is -2.30. The first kappa shape index (κ1) is 21.5. The van der Waals surface area contributed by atoms with Gasteiger partial charge >= 0.3 is 5.97 Å². The first-order chi connectivity index (χ1) is 14.0. The molecule has 2 aromatic rings. The highest BCUT2D eigenvalue weighted by Gasteiger charge is 2.20. The van der Waals surface area contributed by atoms with Crippen molar-refractivity contribution in [2.75, 3.05) is 19.0 Å². The molecule has 0 bridgehead atoms. The summed E-state index contributed by atoms with van der Waals surface area (Å²) in [5, 5.41) is 11.9. The van der Waals surface area contributed by atoms with E-state index in [4.69, 9.17) is 14.2 Å². The zero-order valence-electron chi connectivity index (χ0n) is 16.5. The van der Waals surface area contributed by atoms with E-state index in [2.05, 4.69) is 5.32 Å². The van der Waals surface area contributed by atoms with Crippen molar-refractivity contribution in [2.45, 2.75) is 20.0 Å². The number of hydrogen-bond acceptors (Lipinski definition) is 6. The van der Waals surface area contributed by atoms with Gasteiger partial charge in [-0.3, -0.25) is 4.79 Å². The summed E-state index contributed by atoms with van der Waals surface area (Å²) in [7, 11) is 1.54. The van der Waals surface area contributed by atoms with Crippen LogP contribution in [0.5, 0.6) is 11.5 Å². The number of methoxy groups -OCH3 is 1. The Hall–Kier alpha value is -3.79. The second-order valence-corrected chi connectivity index (χ2v) is 5.94. The summed E-state index contributed by atoms with van der Waals surface area (Å²) in [5.41, 5.74) is 0.958. The molecule has 0 aliphatic heterocycles. The molecular formula is C22H22N2O5. The van der Waals surface area contributed by atoms with Gasteiger partial charge in [-0.1, -0.05) is 12.1 Å². The molecule has 150 valence electrons. The fraction of sp³-hybridized carbons (Fsp3) is 0.227. The van der Waals surface area contributed by atoms with Crippen molar-refractivity contribution in [1.29, 1.82) is 5.26 Å². The van der Waals surface area contributed by atoms with Crippen molar-refractivity contribution in [3.05, 3.63) is 59.7 Å². The van der Waals surface area contributed by atoms with Crippen LogP contribution in [0.4, 0.5) is 5.69 Å². The van der Waals surface area contributed by atoms with Gasteiger partial charge in [-0.2, -0.15) is 5.26 Å². The number of amides is 1. The van der Waals surface area contributed by atoms with Gasteiger partial charge in [-0.05, 0) is 61.9 Å². The summed E-state index contributed by atoms with van der Waals surface area (Å²) in [5.74, 6) is -0.0456. The number of nitrogens with one attached hydrogen (secondary N) is 1. The van der Waals surface area contributed by atoms with E-state index in [1.54, 1.807) is 61.7 Å². The maximum absolute atomic E-state index is 12.3. The largest absolute Gasteiger partial charge is 0.497 e. The average Bonchev–Trinajstić information content (AvgIpc) is 2.73. The van der Waals surface area contributed by atoms with Gasteiger partial charge in [0.05, 0.1) is 13.7 Å². The highest BCUT2D eigenvalue weighted by atomic mass is 16.5. The Morgan fingerprint density at radius 1 is 1.10 bits per heavy atom. The van der Waals surface area contributed by atoms with Gasteiger partial charge in [-0.15, -0.1) is 0 Å². The van der Waals surface area contributed by atoms with Crippen molar-refractivity contribution in [1.82, 2.24) is 0 Å². The first-order valence-corrected chi connectivity index (χ1v) is 8.97. The molecule has 1 N–H and O–H groups in total. The Morgan fingerprint density at radius 2 is 1.72 bits per heavy atom. The zero-order chi connectivity index (χ0) is 21.2. The van der Waals surface area contributed by atoms with Gasteiger partial charge < -0.3 is 19.5 Å². The Labute approximate surface area is 169 Å². The molecule has 0 fully saturated rings. The van der Waals surface area contributed by atoms with E-state index in [0.29, 0.717) is 29.4 Å². The van der Waals surface area contributed by atoms with Crippen molar-refractivity contribution < 1.29 is 23.8 Å². The summed E-state index contributed by atoms with van der Waals surface area (Å²) >= 11 is 0. The number of nitriles is 1. The molecule has 1 amide bonds. The molecule has 0 saturated carbocycles. The van der Waals surface area contributed by atoms with Crippen LogP contribution >= 0.6 is 0 Å². The van der Waals surface area contributed by atoms with Crippen molar-refractivity contribution in [2.24, 2.45) is 0 Å². The summed E-state index contributed by atoms with van der Waals surface area (Å²) in [6.45, 7) is 3.85. The summed E-state index contributed by atoms with van der Waals surface area (Å²) in [6.07, 6.45) is 0.313. The van der Waals surface area contributed by atoms with Gasteiger partial charge in [0.25, 0.3) is 5.91 Å². The van der Waals surface area contributed by atoms with Crippen LogP contribution in [0.1, 0.15) is 19.4 Å². The van der Waals surface area contributed by atoms with Gasteiger partial charge in [0.1, 0.15) is 23.1 Å². The Balaban J connectivity index is 1.99. The molecular weight excluding hydrogens is 372 g/mol. The predicted octanol–water partition coefficient (Wildman–Crippen LogP) is 3.57. The van der Waals surface area contributed by atoms with Gasteiger partial charge in [-0.25, -0.2) is 4.79 Å². The monoisotopic (exact) mass is 394 g/mol. The van der Waals surface area contributed by atoms with Crippen LogP contribution in [-0.4, -0.2) is 31.7 Å². The lowest BCUT2D eigenvalue weighted by Gasteiger charge is -2.13. The van der Waals surface area contributed by atoms with Crippen LogP contribution in [0.25, 0.3) is 6.08 Å². The fourth-order valence-corrected chi connectivity index (χ4v) is 2.33. The van der Waals surface area contributed by atoms with Crippen molar-refractivity contribution in [3.8, 4) is 17.6 Å². The molecule has 0 saturated heterocycles. The van der Waals surface area contributed by atoms with Crippen molar-refractivity contribution >= 4 is 23.6 Å². The molecule has 0 radical (unpaired) electrons. The number of rotatable bonds is 8. The van der Waals surface area contributed by atoms with E-state index in [1.165, 1.54) is 13.0 Å². The summed E-state index contributed by atoms with van der Waals surface area (Å²) < 4.78 is 15.5. The Bertz CT molecular complexity index is 912. The second kappa shape index (κ2) is 10.5. The number of anilines is 1. The first-order valence-electron chi connectivity index (χ1n) is 8.97. The van der Waals surface area contributed by atoms with Crippen LogP contribution in [-0.2, 0) is 14.3 Å². The molecule has 0 unspecified atom stereocenters. The number of carbonyl (C=O) groups is 2. The Kier molecular flexibility index (Phi) is 7.80. The van der Waals surface area contributed by atoms with Gasteiger partial charge in [0.15, 0.2) is 6.10 Å². The number of benzene rings is 2. The molecule has 0 heterocycles. The number of carbonyl (C=O) groups excluding carboxylic acids is 2. The lowest BCUT2D eigenvalue weighted by atomic mass is 10.1. The van der Waals surface area contributed by atoms with E-state index in [0.717, 1.165) is 0 Å². The molecule has 29 heavy (non-hydrogen) atoms. The minimum atomic E-state index is -1.08. The standard InChI is InChI=1S/C22H22N2O5/c1-4-28-20-9-5-16(6-10-20)13-17(14-23)22(26)29-15(2)21(25)24-18-7-11-19(27-3)12-8-18/h5-13,15H,4H2,1-3H3,(H,24,25)/b17-13+/t15-/m1/s1. The maximum Gasteiger partial charge on any atom is 0.349 e. The minimum Gasteiger partial charge on any atom is -0.497 e. The highest BCUT2D eigenvalue weighted by molar-refractivity contribution is 6.01. The summed E-state index contributed by atoms with van der Waals surface area (Å²) in [6, 6.07) is 15.4. The molecule has 7 heteroatoms. The van der Waals surface area contributed by atoms with E-state index in [1.807, 2.05) is 6.92 Å². The predicted molar refractivity (Wildman–Crippen MR) is 108 cm³/mol. The lowest BCUT2D eigenvalue weighted by molar-refractivity contribution is -0.148. The zero-order valence-corrected chi connectivity index (χ0v) is 16.5. The molecule has 7 nitrogen and oxygen atoms in total. The second-order valence-electron chi connectivity index (χ2n) is 5.94. The highest BCUT2D eigenvalue weighted by Crippen LogP contribution is 2.17. The fourth-order valence-electron chi connectivity index (χ4n) is 2.33. The van der Waals surface area contributed by atoms with E-state index < -0.39 is 18.0 Å². The van der Waals surface area contributed by atoms with Crippen molar-refractivity contribution in [3.63, 3.8) is 0 Å². The maximum atomic E-state index is 12.3. The Morgan fingerprint density at radius 3 is 2.28 bits per heavy atom. The number of esters is 1. The normalized spacial score (nSPS) is 11.7. The quantitative estimate of drug-likeness (QED) is 0.418. The van der Waals surface area contributed by atoms with Crippen LogP contribution in [0.3, 0.4) is 0 Å². The molecule has 0 aliphatic rings.